The van der Waals surface area contributed by atoms with Crippen molar-refractivity contribution >= 4 is 61.8 Å². The largest absolute Gasteiger partial charge is 0.360 e. The second-order valence-corrected chi connectivity index (χ2v) is 11.7. The lowest BCUT2D eigenvalue weighted by atomic mass is 10.2. The number of nitro groups is 2. The fourth-order valence-electron chi connectivity index (χ4n) is 3.56. The van der Waals surface area contributed by atoms with E-state index in [1.165, 1.54) is 0 Å². The lowest BCUT2D eigenvalue weighted by Crippen LogP contribution is -2.32. The van der Waals surface area contributed by atoms with Gasteiger partial charge in [0, 0.05) is 50.8 Å². The zero-order valence-electron chi connectivity index (χ0n) is 23.1. The van der Waals surface area contributed by atoms with Crippen LogP contribution in [0.2, 0.25) is 10.0 Å². The molecule has 0 bridgehead atoms. The van der Waals surface area contributed by atoms with Crippen molar-refractivity contribution < 1.29 is 23.1 Å². The molecule has 2 amide bonds. The predicted octanol–water partition coefficient (Wildman–Crippen LogP) is 6.79. The summed E-state index contributed by atoms with van der Waals surface area (Å²) in [7, 11) is -2.04. The fourth-order valence-corrected chi connectivity index (χ4v) is 4.51. The average Bonchev–Trinajstić information content (AvgIpc) is 2.88. The molecule has 0 spiro atoms. The third-order valence-corrected chi connectivity index (χ3v) is 7.36. The molecule has 2 aromatic rings. The molecular formula is C25H35Cl2N5O7S. The van der Waals surface area contributed by atoms with Gasteiger partial charge in [0.05, 0.1) is 24.8 Å². The Bertz CT molecular complexity index is 1270. The maximum absolute atomic E-state index is 11.8. The Morgan fingerprint density at radius 1 is 0.900 bits per heavy atom. The number of sulfone groups is 1. The minimum Gasteiger partial charge on any atom is -0.360 e. The molecule has 40 heavy (non-hydrogen) atoms. The highest BCUT2D eigenvalue weighted by atomic mass is 35.5. The highest BCUT2D eigenvalue weighted by Crippen LogP contribution is 2.40. The van der Waals surface area contributed by atoms with Gasteiger partial charge in [0.1, 0.15) is 0 Å². The standard InChI is InChI=1S/C13H19N3O6S.C12H16Cl2N2O/c1-4-6-14(7-5-2)13-11(15(17)18)8-10(23(3,21)22)9-12(13)16(19)20;1-3-4-7-16(2)12(17)15-9-5-6-10(13)11(14)8-9/h8-9H,4-7H2,1-3H3;5-6,8H,3-4,7H2,1-2H3,(H,15,17). The van der Waals surface area contributed by atoms with Gasteiger partial charge in [-0.05, 0) is 37.5 Å². The molecule has 12 nitrogen and oxygen atoms in total. The van der Waals surface area contributed by atoms with Crippen molar-refractivity contribution in [2.24, 2.45) is 0 Å². The first-order valence-electron chi connectivity index (χ1n) is 12.6. The van der Waals surface area contributed by atoms with Crippen LogP contribution in [0.25, 0.3) is 0 Å². The normalized spacial score (nSPS) is 10.8. The number of anilines is 2. The van der Waals surface area contributed by atoms with E-state index in [1.54, 1.807) is 35.0 Å². The summed E-state index contributed by atoms with van der Waals surface area (Å²) in [5.41, 5.74) is -0.633. The molecule has 222 valence electrons. The molecule has 0 saturated carbocycles. The Morgan fingerprint density at radius 2 is 1.43 bits per heavy atom. The average molecular weight is 621 g/mol. The van der Waals surface area contributed by atoms with E-state index in [1.807, 2.05) is 13.8 Å². The van der Waals surface area contributed by atoms with Crippen LogP contribution in [0.4, 0.5) is 27.5 Å². The molecule has 0 aromatic heterocycles. The van der Waals surface area contributed by atoms with E-state index in [0.717, 1.165) is 37.8 Å². The minimum atomic E-state index is -3.81. The van der Waals surface area contributed by atoms with Crippen LogP contribution < -0.4 is 10.2 Å². The van der Waals surface area contributed by atoms with Gasteiger partial charge in [-0.15, -0.1) is 0 Å². The molecule has 0 atom stereocenters. The third-order valence-electron chi connectivity index (χ3n) is 5.53. The van der Waals surface area contributed by atoms with E-state index in [-0.39, 0.29) is 11.7 Å². The minimum absolute atomic E-state index is 0.142. The molecule has 2 rings (SSSR count). The molecule has 0 radical (unpaired) electrons. The van der Waals surface area contributed by atoms with Crippen LogP contribution in [0.5, 0.6) is 0 Å². The van der Waals surface area contributed by atoms with Crippen LogP contribution in [0.1, 0.15) is 46.5 Å². The summed E-state index contributed by atoms with van der Waals surface area (Å²) < 4.78 is 23.3. The summed E-state index contributed by atoms with van der Waals surface area (Å²) in [5.74, 6) is 0. The lowest BCUT2D eigenvalue weighted by Gasteiger charge is -2.23. The second-order valence-electron chi connectivity index (χ2n) is 8.92. The molecule has 15 heteroatoms. The Morgan fingerprint density at radius 3 is 1.82 bits per heavy atom. The Hall–Kier alpha value is -3.16. The number of hydrogen-bond acceptors (Lipinski definition) is 8. The number of halogens is 2. The topological polar surface area (TPSA) is 156 Å². The number of nitrogens with zero attached hydrogens (tertiary/aromatic N) is 4. The Balaban J connectivity index is 0.000000418. The van der Waals surface area contributed by atoms with Crippen molar-refractivity contribution in [2.75, 3.05) is 43.2 Å². The number of rotatable bonds is 12. The number of nitro benzene ring substituents is 2. The summed E-state index contributed by atoms with van der Waals surface area (Å²) >= 11 is 11.7. The maximum atomic E-state index is 11.8. The Kier molecular flexibility index (Phi) is 14.1. The molecule has 2 aromatic carbocycles. The van der Waals surface area contributed by atoms with E-state index >= 15 is 0 Å². The van der Waals surface area contributed by atoms with Crippen molar-refractivity contribution in [3.05, 3.63) is 60.6 Å². The van der Waals surface area contributed by atoms with E-state index < -0.39 is 36.0 Å². The number of urea groups is 1. The van der Waals surface area contributed by atoms with E-state index in [9.17, 15) is 33.4 Å². The summed E-state index contributed by atoms with van der Waals surface area (Å²) in [5, 5.41) is 26.4. The highest BCUT2D eigenvalue weighted by molar-refractivity contribution is 7.90. The van der Waals surface area contributed by atoms with Gasteiger partial charge in [-0.1, -0.05) is 50.4 Å². The summed E-state index contributed by atoms with van der Waals surface area (Å²) in [4.78, 5) is 35.7. The van der Waals surface area contributed by atoms with E-state index in [0.29, 0.717) is 41.7 Å². The summed E-state index contributed by atoms with van der Waals surface area (Å²) in [6.07, 6.45) is 4.19. The molecular weight excluding hydrogens is 585 g/mol. The quantitative estimate of drug-likeness (QED) is 0.201. The van der Waals surface area contributed by atoms with Crippen LogP contribution in [0.15, 0.2) is 35.2 Å². The highest BCUT2D eigenvalue weighted by Gasteiger charge is 2.32. The van der Waals surface area contributed by atoms with Gasteiger partial charge < -0.3 is 15.1 Å². The van der Waals surface area contributed by atoms with Crippen LogP contribution in [0, 0.1) is 20.2 Å². The van der Waals surface area contributed by atoms with Crippen molar-refractivity contribution in [3.8, 4) is 0 Å². The number of hydrogen-bond donors (Lipinski definition) is 1. The smallest absolute Gasteiger partial charge is 0.321 e. The van der Waals surface area contributed by atoms with E-state index in [4.69, 9.17) is 23.2 Å². The molecule has 0 heterocycles. The SMILES string of the molecule is CCCCN(C)C(=O)Nc1ccc(Cl)c(Cl)c1.CCCN(CCC)c1c([N+](=O)[O-])cc(S(C)(=O)=O)cc1[N+](=O)[O-]. The monoisotopic (exact) mass is 619 g/mol. The molecule has 0 saturated heterocycles. The number of unbranched alkanes of at least 4 members (excludes halogenated alkanes) is 1. The number of nitrogens with one attached hydrogen (secondary N) is 1. The molecule has 0 aliphatic heterocycles. The van der Waals surface area contributed by atoms with Gasteiger partial charge in [0.25, 0.3) is 0 Å². The predicted molar refractivity (Wildman–Crippen MR) is 159 cm³/mol. The number of carbonyl (C=O) groups excluding carboxylic acids is 1. The van der Waals surface area contributed by atoms with Gasteiger partial charge in [-0.2, -0.15) is 0 Å². The van der Waals surface area contributed by atoms with Gasteiger partial charge >= 0.3 is 17.4 Å². The first kappa shape index (κ1) is 34.9. The van der Waals surface area contributed by atoms with Crippen LogP contribution in [-0.2, 0) is 9.84 Å². The molecule has 0 fully saturated rings. The number of amides is 2. The van der Waals surface area contributed by atoms with Gasteiger partial charge in [-0.3, -0.25) is 20.2 Å². The first-order valence-corrected chi connectivity index (χ1v) is 15.2. The van der Waals surface area contributed by atoms with Crippen LogP contribution in [-0.4, -0.2) is 62.1 Å². The number of carbonyl (C=O) groups is 1. The summed E-state index contributed by atoms with van der Waals surface area (Å²) in [6.45, 7) is 7.33. The van der Waals surface area contributed by atoms with Gasteiger partial charge in [0.15, 0.2) is 15.5 Å². The van der Waals surface area contributed by atoms with Crippen molar-refractivity contribution in [1.29, 1.82) is 0 Å². The molecule has 0 unspecified atom stereocenters. The van der Waals surface area contributed by atoms with Gasteiger partial charge in [-0.25, -0.2) is 13.2 Å². The van der Waals surface area contributed by atoms with Gasteiger partial charge in [0.2, 0.25) is 0 Å². The fraction of sp³-hybridized carbons (Fsp3) is 0.480. The van der Waals surface area contributed by atoms with Crippen molar-refractivity contribution in [3.63, 3.8) is 0 Å². The zero-order valence-corrected chi connectivity index (χ0v) is 25.5. The van der Waals surface area contributed by atoms with Crippen molar-refractivity contribution in [1.82, 2.24) is 4.90 Å². The molecule has 0 aliphatic rings. The molecule has 0 aliphatic carbocycles. The Labute approximate surface area is 244 Å². The maximum Gasteiger partial charge on any atom is 0.321 e. The van der Waals surface area contributed by atoms with Crippen LogP contribution >= 0.6 is 23.2 Å². The first-order chi connectivity index (χ1) is 18.7. The molecule has 1 N–H and O–H groups in total. The number of benzene rings is 2. The third kappa shape index (κ3) is 10.4. The summed E-state index contributed by atoms with van der Waals surface area (Å²) in [6, 6.07) is 6.64. The van der Waals surface area contributed by atoms with Crippen molar-refractivity contribution in [2.45, 2.75) is 51.3 Å². The zero-order chi connectivity index (χ0) is 30.6. The second kappa shape index (κ2) is 16.2. The van der Waals surface area contributed by atoms with Crippen LogP contribution in [0.3, 0.4) is 0 Å². The lowest BCUT2D eigenvalue weighted by molar-refractivity contribution is -0.393. The van der Waals surface area contributed by atoms with E-state index in [2.05, 4.69) is 12.2 Å².